The molecule has 0 aromatic heterocycles. The van der Waals surface area contributed by atoms with Gasteiger partial charge in [-0.15, -0.1) is 0 Å². The lowest BCUT2D eigenvalue weighted by atomic mass is 10.1. The van der Waals surface area contributed by atoms with Crippen LogP contribution in [-0.2, 0) is 0 Å². The minimum absolute atomic E-state index is 0.163. The Kier molecular flexibility index (Phi) is 3.18. The first kappa shape index (κ1) is 10.9. The molecular weight excluding hydrogens is 214 g/mol. The average Bonchev–Trinajstić information content (AvgIpc) is 2.40. The summed E-state index contributed by atoms with van der Waals surface area (Å²) in [5.41, 5.74) is 0. The fourth-order valence-corrected chi connectivity index (χ4v) is 2.53. The number of likely N-dealkylation sites (tertiary alicyclic amines) is 1. The van der Waals surface area contributed by atoms with Crippen LogP contribution in [0.4, 0.5) is 0 Å². The number of hydrogen-bond acceptors (Lipinski definition) is 3. The molecule has 3 nitrogen and oxygen atoms in total. The fourth-order valence-electron chi connectivity index (χ4n) is 2.53. The highest BCUT2D eigenvalue weighted by Gasteiger charge is 2.23. The molecule has 1 aromatic carbocycles. The summed E-state index contributed by atoms with van der Waals surface area (Å²) in [5.74, 6) is 1.68. The summed E-state index contributed by atoms with van der Waals surface area (Å²) >= 11 is 0. The minimum atomic E-state index is 0.163. The van der Waals surface area contributed by atoms with Gasteiger partial charge in [-0.25, -0.2) is 0 Å². The van der Waals surface area contributed by atoms with Crippen molar-refractivity contribution in [3.8, 4) is 11.5 Å². The van der Waals surface area contributed by atoms with Crippen molar-refractivity contribution in [1.82, 2.24) is 4.90 Å². The Morgan fingerprint density at radius 1 is 1.24 bits per heavy atom. The Bertz CT molecular complexity index is 374. The second kappa shape index (κ2) is 4.96. The minimum Gasteiger partial charge on any atom is -0.486 e. The molecule has 1 radical (unpaired) electrons. The van der Waals surface area contributed by atoms with Crippen molar-refractivity contribution >= 4 is 0 Å². The van der Waals surface area contributed by atoms with Crippen LogP contribution in [-0.4, -0.2) is 37.2 Å². The van der Waals surface area contributed by atoms with E-state index in [9.17, 15) is 0 Å². The third-order valence-electron chi connectivity index (χ3n) is 3.42. The Morgan fingerprint density at radius 2 is 2.12 bits per heavy atom. The van der Waals surface area contributed by atoms with Crippen LogP contribution >= 0.6 is 0 Å². The molecule has 91 valence electrons. The standard InChI is InChI=1S/C14H18NO2/c1-4-8-15(9-5-1)10-12-11-16-13-6-2-3-7-14(13)17-12/h2,6-7,12H,1,4-5,8-11H2. The van der Waals surface area contributed by atoms with Crippen molar-refractivity contribution in [2.75, 3.05) is 26.2 Å². The van der Waals surface area contributed by atoms with E-state index in [0.717, 1.165) is 18.0 Å². The third kappa shape index (κ3) is 2.55. The predicted molar refractivity (Wildman–Crippen MR) is 65.5 cm³/mol. The van der Waals surface area contributed by atoms with E-state index < -0.39 is 0 Å². The van der Waals surface area contributed by atoms with Crippen LogP contribution in [0, 0.1) is 6.07 Å². The maximum Gasteiger partial charge on any atom is 0.162 e. The Labute approximate surface area is 102 Å². The van der Waals surface area contributed by atoms with E-state index in [0.29, 0.717) is 6.61 Å². The molecule has 17 heavy (non-hydrogen) atoms. The number of piperidine rings is 1. The lowest BCUT2D eigenvalue weighted by Crippen LogP contribution is -2.42. The van der Waals surface area contributed by atoms with Crippen LogP contribution in [0.15, 0.2) is 18.2 Å². The molecule has 0 amide bonds. The number of rotatable bonds is 2. The van der Waals surface area contributed by atoms with Crippen molar-refractivity contribution in [3.05, 3.63) is 24.3 Å². The fraction of sp³-hybridized carbons (Fsp3) is 0.571. The largest absolute Gasteiger partial charge is 0.486 e. The maximum absolute atomic E-state index is 5.94. The monoisotopic (exact) mass is 232 g/mol. The van der Waals surface area contributed by atoms with Crippen LogP contribution in [0.5, 0.6) is 11.5 Å². The molecule has 0 aliphatic carbocycles. The molecule has 1 fully saturated rings. The molecule has 1 aromatic rings. The van der Waals surface area contributed by atoms with Gasteiger partial charge >= 0.3 is 0 Å². The van der Waals surface area contributed by atoms with E-state index in [1.54, 1.807) is 0 Å². The molecular formula is C14H18NO2. The van der Waals surface area contributed by atoms with Gasteiger partial charge in [0.25, 0.3) is 0 Å². The maximum atomic E-state index is 5.94. The molecule has 0 N–H and O–H groups in total. The van der Waals surface area contributed by atoms with Crippen molar-refractivity contribution < 1.29 is 9.47 Å². The van der Waals surface area contributed by atoms with Crippen LogP contribution < -0.4 is 9.47 Å². The summed E-state index contributed by atoms with van der Waals surface area (Å²) in [4.78, 5) is 2.48. The first-order valence-electron chi connectivity index (χ1n) is 6.44. The molecule has 0 spiro atoms. The van der Waals surface area contributed by atoms with Crippen molar-refractivity contribution in [1.29, 1.82) is 0 Å². The Balaban J connectivity index is 1.60. The second-order valence-electron chi connectivity index (χ2n) is 4.78. The zero-order valence-corrected chi connectivity index (χ0v) is 10.0. The zero-order chi connectivity index (χ0) is 11.5. The van der Waals surface area contributed by atoms with E-state index in [-0.39, 0.29) is 6.10 Å². The molecule has 1 unspecified atom stereocenters. The van der Waals surface area contributed by atoms with Gasteiger partial charge in [-0.1, -0.05) is 12.5 Å². The lowest BCUT2D eigenvalue weighted by molar-refractivity contribution is 0.0533. The van der Waals surface area contributed by atoms with Crippen molar-refractivity contribution in [3.63, 3.8) is 0 Å². The molecule has 1 atom stereocenters. The summed E-state index contributed by atoms with van der Waals surface area (Å²) < 4.78 is 11.6. The van der Waals surface area contributed by atoms with E-state index in [2.05, 4.69) is 11.0 Å². The summed E-state index contributed by atoms with van der Waals surface area (Å²) in [6, 6.07) is 8.65. The number of nitrogens with zero attached hydrogens (tertiary/aromatic N) is 1. The van der Waals surface area contributed by atoms with E-state index in [4.69, 9.17) is 9.47 Å². The first-order chi connectivity index (χ1) is 8.42. The second-order valence-corrected chi connectivity index (χ2v) is 4.78. The van der Waals surface area contributed by atoms with E-state index in [1.807, 2.05) is 18.2 Å². The topological polar surface area (TPSA) is 21.7 Å². The van der Waals surface area contributed by atoms with Crippen molar-refractivity contribution in [2.24, 2.45) is 0 Å². The highest BCUT2D eigenvalue weighted by atomic mass is 16.6. The SMILES string of the molecule is [c]1ccc2c(c1)OC(CN1CCCCC1)CO2. The summed E-state index contributed by atoms with van der Waals surface area (Å²) in [6.07, 6.45) is 4.17. The number of benzene rings is 1. The highest BCUT2D eigenvalue weighted by molar-refractivity contribution is 5.40. The summed E-state index contributed by atoms with van der Waals surface area (Å²) in [7, 11) is 0. The molecule has 2 heterocycles. The lowest BCUT2D eigenvalue weighted by Gasteiger charge is -2.33. The summed E-state index contributed by atoms with van der Waals surface area (Å²) in [5, 5.41) is 0. The van der Waals surface area contributed by atoms with Gasteiger partial charge in [0, 0.05) is 6.54 Å². The third-order valence-corrected chi connectivity index (χ3v) is 3.42. The molecule has 2 aliphatic rings. The van der Waals surface area contributed by atoms with E-state index >= 15 is 0 Å². The van der Waals surface area contributed by atoms with Gasteiger partial charge in [0.2, 0.25) is 0 Å². The molecule has 3 heteroatoms. The van der Waals surface area contributed by atoms with Gasteiger partial charge < -0.3 is 9.47 Å². The van der Waals surface area contributed by atoms with Gasteiger partial charge in [-0.3, -0.25) is 4.90 Å². The van der Waals surface area contributed by atoms with Crippen LogP contribution in [0.3, 0.4) is 0 Å². The van der Waals surface area contributed by atoms with Crippen LogP contribution in [0.1, 0.15) is 19.3 Å². The van der Waals surface area contributed by atoms with Gasteiger partial charge in [0.15, 0.2) is 11.5 Å². The van der Waals surface area contributed by atoms with Crippen LogP contribution in [0.25, 0.3) is 0 Å². The van der Waals surface area contributed by atoms with Crippen LogP contribution in [0.2, 0.25) is 0 Å². The van der Waals surface area contributed by atoms with Gasteiger partial charge in [0.1, 0.15) is 12.7 Å². The average molecular weight is 232 g/mol. The Hall–Kier alpha value is -1.22. The predicted octanol–water partition coefficient (Wildman–Crippen LogP) is 2.11. The first-order valence-corrected chi connectivity index (χ1v) is 6.44. The zero-order valence-electron chi connectivity index (χ0n) is 10.0. The smallest absolute Gasteiger partial charge is 0.162 e. The molecule has 0 saturated carbocycles. The number of ether oxygens (including phenoxy) is 2. The number of hydrogen-bond donors (Lipinski definition) is 0. The highest BCUT2D eigenvalue weighted by Crippen LogP contribution is 2.30. The number of fused-ring (bicyclic) bond motifs is 1. The molecule has 0 bridgehead atoms. The van der Waals surface area contributed by atoms with Gasteiger partial charge in [-0.05, 0) is 44.1 Å². The molecule has 2 aliphatic heterocycles. The summed E-state index contributed by atoms with van der Waals surface area (Å²) in [6.45, 7) is 4.04. The van der Waals surface area contributed by atoms with Gasteiger partial charge in [0.05, 0.1) is 0 Å². The molecule has 1 saturated heterocycles. The Morgan fingerprint density at radius 3 is 3.00 bits per heavy atom. The quantitative estimate of drug-likeness (QED) is 0.779. The van der Waals surface area contributed by atoms with Crippen molar-refractivity contribution in [2.45, 2.75) is 25.4 Å². The van der Waals surface area contributed by atoms with Gasteiger partial charge in [-0.2, -0.15) is 0 Å². The van der Waals surface area contributed by atoms with E-state index in [1.165, 1.54) is 32.4 Å². The normalized spacial score (nSPS) is 24.6. The molecule has 3 rings (SSSR count).